The maximum absolute atomic E-state index is 13.3. The number of fused-ring (bicyclic) bond motifs is 1. The van der Waals surface area contributed by atoms with Gasteiger partial charge in [0, 0.05) is 5.56 Å². The largest absolute Gasteiger partial charge is 0.486 e. The standard InChI is InChI=1S/C29H19Cl2N3O4/c30-23-14-19(15-24(31)26(23)38-17-18-10-12-21(13-11-18)29(36)37)16-32-34-27(20-6-2-1-3-7-20)33-25-9-5-4-8-22(25)28(34)35/h1-16H,17H2,(H,36,37). The predicted octanol–water partition coefficient (Wildman–Crippen LogP) is 6.53. The van der Waals surface area contributed by atoms with Crippen LogP contribution in [0.2, 0.25) is 10.0 Å². The summed E-state index contributed by atoms with van der Waals surface area (Å²) < 4.78 is 7.05. The number of carbonyl (C=O) groups is 1. The van der Waals surface area contributed by atoms with Gasteiger partial charge in [-0.2, -0.15) is 9.78 Å². The Kier molecular flexibility index (Phi) is 7.22. The summed E-state index contributed by atoms with van der Waals surface area (Å²) in [5.74, 6) is -0.322. The number of para-hydroxylation sites is 1. The summed E-state index contributed by atoms with van der Waals surface area (Å²) in [6.07, 6.45) is 1.48. The molecular weight excluding hydrogens is 525 g/mol. The Bertz CT molecular complexity index is 1710. The van der Waals surface area contributed by atoms with E-state index in [9.17, 15) is 9.59 Å². The molecule has 0 amide bonds. The molecule has 0 radical (unpaired) electrons. The van der Waals surface area contributed by atoms with Gasteiger partial charge in [-0.3, -0.25) is 4.79 Å². The average molecular weight is 544 g/mol. The maximum Gasteiger partial charge on any atom is 0.335 e. The monoisotopic (exact) mass is 543 g/mol. The van der Waals surface area contributed by atoms with E-state index in [1.165, 1.54) is 23.0 Å². The van der Waals surface area contributed by atoms with Crippen molar-refractivity contribution in [3.63, 3.8) is 0 Å². The summed E-state index contributed by atoms with van der Waals surface area (Å²) in [4.78, 5) is 29.0. The number of hydrogen-bond acceptors (Lipinski definition) is 5. The topological polar surface area (TPSA) is 93.8 Å². The van der Waals surface area contributed by atoms with E-state index in [1.54, 1.807) is 42.5 Å². The van der Waals surface area contributed by atoms with Crippen LogP contribution in [-0.4, -0.2) is 27.0 Å². The molecule has 0 saturated heterocycles. The molecule has 5 rings (SSSR count). The Morgan fingerprint density at radius 3 is 2.29 bits per heavy atom. The van der Waals surface area contributed by atoms with Crippen molar-refractivity contribution in [2.75, 3.05) is 0 Å². The minimum atomic E-state index is -1.00. The normalized spacial score (nSPS) is 11.2. The van der Waals surface area contributed by atoms with Crippen molar-refractivity contribution in [2.24, 2.45) is 5.10 Å². The van der Waals surface area contributed by atoms with Crippen LogP contribution >= 0.6 is 23.2 Å². The third-order valence-electron chi connectivity index (χ3n) is 5.71. The molecule has 7 nitrogen and oxygen atoms in total. The molecule has 4 aromatic carbocycles. The van der Waals surface area contributed by atoms with Crippen LogP contribution in [0.15, 0.2) is 101 Å². The van der Waals surface area contributed by atoms with E-state index in [0.29, 0.717) is 22.3 Å². The lowest BCUT2D eigenvalue weighted by Crippen LogP contribution is -2.20. The highest BCUT2D eigenvalue weighted by Crippen LogP contribution is 2.34. The number of carboxylic acid groups (broad SMARTS) is 1. The lowest BCUT2D eigenvalue weighted by Gasteiger charge is -2.12. The van der Waals surface area contributed by atoms with Gasteiger partial charge in [0.05, 0.1) is 32.7 Å². The molecular formula is C29H19Cl2N3O4. The number of aromatic nitrogens is 2. The summed E-state index contributed by atoms with van der Waals surface area (Å²) in [6, 6.07) is 26.0. The van der Waals surface area contributed by atoms with Crippen molar-refractivity contribution in [3.05, 3.63) is 128 Å². The lowest BCUT2D eigenvalue weighted by molar-refractivity contribution is 0.0697. The van der Waals surface area contributed by atoms with Gasteiger partial charge in [-0.25, -0.2) is 9.78 Å². The first kappa shape index (κ1) is 25.2. The molecule has 0 fully saturated rings. The summed E-state index contributed by atoms with van der Waals surface area (Å²) >= 11 is 12.9. The Labute approximate surface area is 227 Å². The molecule has 0 spiro atoms. The smallest absolute Gasteiger partial charge is 0.335 e. The van der Waals surface area contributed by atoms with E-state index in [2.05, 4.69) is 10.1 Å². The first-order valence-corrected chi connectivity index (χ1v) is 12.2. The second-order valence-electron chi connectivity index (χ2n) is 8.28. The Hall–Kier alpha value is -4.46. The van der Waals surface area contributed by atoms with Gasteiger partial charge in [0.2, 0.25) is 0 Å². The van der Waals surface area contributed by atoms with Gasteiger partial charge in [0.1, 0.15) is 6.61 Å². The van der Waals surface area contributed by atoms with Crippen LogP contribution in [0.5, 0.6) is 5.75 Å². The Balaban J connectivity index is 1.45. The van der Waals surface area contributed by atoms with Crippen LogP contribution in [0.3, 0.4) is 0 Å². The lowest BCUT2D eigenvalue weighted by atomic mass is 10.1. The molecule has 188 valence electrons. The zero-order chi connectivity index (χ0) is 26.6. The van der Waals surface area contributed by atoms with Gasteiger partial charge < -0.3 is 9.84 Å². The third kappa shape index (κ3) is 5.29. The van der Waals surface area contributed by atoms with Crippen molar-refractivity contribution in [1.29, 1.82) is 0 Å². The minimum Gasteiger partial charge on any atom is -0.486 e. The van der Waals surface area contributed by atoms with Gasteiger partial charge in [0.25, 0.3) is 5.56 Å². The molecule has 5 aromatic rings. The van der Waals surface area contributed by atoms with Crippen LogP contribution in [0.25, 0.3) is 22.3 Å². The fourth-order valence-corrected chi connectivity index (χ4v) is 4.43. The van der Waals surface area contributed by atoms with E-state index in [0.717, 1.165) is 11.1 Å². The first-order chi connectivity index (χ1) is 18.4. The van der Waals surface area contributed by atoms with Gasteiger partial charge in [-0.05, 0) is 47.5 Å². The highest BCUT2D eigenvalue weighted by atomic mass is 35.5. The Morgan fingerprint density at radius 1 is 0.947 bits per heavy atom. The van der Waals surface area contributed by atoms with E-state index >= 15 is 0 Å². The molecule has 0 atom stereocenters. The van der Waals surface area contributed by atoms with Crippen molar-refractivity contribution in [2.45, 2.75) is 6.61 Å². The third-order valence-corrected chi connectivity index (χ3v) is 6.27. The number of benzene rings is 4. The molecule has 1 heterocycles. The van der Waals surface area contributed by atoms with E-state index in [-0.39, 0.29) is 33.5 Å². The molecule has 0 aliphatic rings. The van der Waals surface area contributed by atoms with Gasteiger partial charge in [0.15, 0.2) is 11.6 Å². The highest BCUT2D eigenvalue weighted by molar-refractivity contribution is 6.37. The summed E-state index contributed by atoms with van der Waals surface area (Å²) in [6.45, 7) is 0.144. The highest BCUT2D eigenvalue weighted by Gasteiger charge is 2.13. The molecule has 1 aromatic heterocycles. The van der Waals surface area contributed by atoms with Gasteiger partial charge >= 0.3 is 5.97 Å². The van der Waals surface area contributed by atoms with Crippen molar-refractivity contribution in [3.8, 4) is 17.1 Å². The number of rotatable bonds is 7. The van der Waals surface area contributed by atoms with Crippen molar-refractivity contribution < 1.29 is 14.6 Å². The fraction of sp³-hybridized carbons (Fsp3) is 0.0345. The molecule has 1 N–H and O–H groups in total. The summed E-state index contributed by atoms with van der Waals surface area (Å²) in [7, 11) is 0. The number of hydrogen-bond donors (Lipinski definition) is 1. The van der Waals surface area contributed by atoms with Crippen molar-refractivity contribution >= 4 is 46.3 Å². The van der Waals surface area contributed by atoms with E-state index in [1.807, 2.05) is 36.4 Å². The summed E-state index contributed by atoms with van der Waals surface area (Å²) in [5.41, 5.74) is 2.50. The molecule has 0 bridgehead atoms. The minimum absolute atomic E-state index is 0.144. The zero-order valence-corrected chi connectivity index (χ0v) is 21.2. The Morgan fingerprint density at radius 2 is 1.61 bits per heavy atom. The average Bonchev–Trinajstić information content (AvgIpc) is 2.93. The number of halogens is 2. The number of ether oxygens (including phenoxy) is 1. The predicted molar refractivity (Wildman–Crippen MR) is 149 cm³/mol. The SMILES string of the molecule is O=C(O)c1ccc(COc2c(Cl)cc(C=Nn3c(-c4ccccc4)nc4ccccc4c3=O)cc2Cl)cc1. The zero-order valence-electron chi connectivity index (χ0n) is 19.7. The fourth-order valence-electron chi connectivity index (χ4n) is 3.82. The second-order valence-corrected chi connectivity index (χ2v) is 9.10. The molecule has 0 unspecified atom stereocenters. The van der Waals surface area contributed by atoms with Crippen LogP contribution in [0.1, 0.15) is 21.5 Å². The second kappa shape index (κ2) is 10.9. The molecule has 38 heavy (non-hydrogen) atoms. The van der Waals surface area contributed by atoms with E-state index in [4.69, 9.17) is 33.0 Å². The van der Waals surface area contributed by atoms with Gasteiger partial charge in [-0.1, -0.05) is 77.8 Å². The van der Waals surface area contributed by atoms with E-state index < -0.39 is 5.97 Å². The van der Waals surface area contributed by atoms with Crippen molar-refractivity contribution in [1.82, 2.24) is 9.66 Å². The number of nitrogens with zero attached hydrogens (tertiary/aromatic N) is 3. The quantitative estimate of drug-likeness (QED) is 0.235. The van der Waals surface area contributed by atoms with Crippen LogP contribution in [0, 0.1) is 0 Å². The summed E-state index contributed by atoms with van der Waals surface area (Å²) in [5, 5.41) is 14.4. The number of aromatic carboxylic acids is 1. The molecule has 0 aliphatic heterocycles. The molecule has 9 heteroatoms. The first-order valence-electron chi connectivity index (χ1n) is 11.5. The molecule has 0 aliphatic carbocycles. The van der Waals surface area contributed by atoms with Gasteiger partial charge in [-0.15, -0.1) is 0 Å². The number of carboxylic acids is 1. The van der Waals surface area contributed by atoms with Crippen LogP contribution < -0.4 is 10.3 Å². The van der Waals surface area contributed by atoms with Crippen LogP contribution in [0.4, 0.5) is 0 Å². The van der Waals surface area contributed by atoms with Crippen LogP contribution in [-0.2, 0) is 6.61 Å². The molecule has 0 saturated carbocycles. The maximum atomic E-state index is 13.3.